The fourth-order valence-electron chi connectivity index (χ4n) is 2.29. The van der Waals surface area contributed by atoms with E-state index in [1.54, 1.807) is 0 Å². The minimum atomic E-state index is -0.573. The number of nitriles is 1. The first-order valence-corrected chi connectivity index (χ1v) is 5.82. The molecule has 86 valence electrons. The maximum Gasteiger partial charge on any atom is 0.0995 e. The van der Waals surface area contributed by atoms with E-state index in [-0.39, 0.29) is 12.0 Å². The molecule has 0 aliphatic carbocycles. The van der Waals surface area contributed by atoms with Crippen LogP contribution in [-0.2, 0) is 5.41 Å². The Bertz CT molecular complexity index is 364. The van der Waals surface area contributed by atoms with Crippen molar-refractivity contribution in [2.24, 2.45) is 11.7 Å². The Morgan fingerprint density at radius 1 is 1.31 bits per heavy atom. The topological polar surface area (TPSA) is 49.8 Å². The fraction of sp³-hybridized carbons (Fsp3) is 0.500. The van der Waals surface area contributed by atoms with Crippen LogP contribution in [0.25, 0.3) is 0 Å². The number of hydrogen-bond acceptors (Lipinski definition) is 2. The van der Waals surface area contributed by atoms with Crippen molar-refractivity contribution in [3.8, 4) is 6.07 Å². The Hall–Kier alpha value is -1.33. The van der Waals surface area contributed by atoms with Gasteiger partial charge in [0.1, 0.15) is 0 Å². The van der Waals surface area contributed by atoms with E-state index in [2.05, 4.69) is 19.9 Å². The van der Waals surface area contributed by atoms with Gasteiger partial charge in [0.2, 0.25) is 0 Å². The van der Waals surface area contributed by atoms with Gasteiger partial charge in [-0.05, 0) is 17.9 Å². The molecule has 2 atom stereocenters. The summed E-state index contributed by atoms with van der Waals surface area (Å²) < 4.78 is 0. The summed E-state index contributed by atoms with van der Waals surface area (Å²) in [4.78, 5) is 0. The van der Waals surface area contributed by atoms with Crippen LogP contribution < -0.4 is 5.73 Å². The van der Waals surface area contributed by atoms with Gasteiger partial charge >= 0.3 is 0 Å². The summed E-state index contributed by atoms with van der Waals surface area (Å²) in [5, 5.41) is 9.57. The maximum absolute atomic E-state index is 9.57. The first kappa shape index (κ1) is 12.7. The van der Waals surface area contributed by atoms with Crippen LogP contribution in [0.1, 0.15) is 32.8 Å². The average Bonchev–Trinajstić information content (AvgIpc) is 2.31. The Labute approximate surface area is 98.1 Å². The number of benzene rings is 1. The molecule has 0 saturated carbocycles. The van der Waals surface area contributed by atoms with Gasteiger partial charge < -0.3 is 5.73 Å². The van der Waals surface area contributed by atoms with E-state index in [1.807, 2.05) is 37.3 Å². The molecular formula is C14H20N2. The molecule has 0 aliphatic heterocycles. The van der Waals surface area contributed by atoms with Gasteiger partial charge in [-0.15, -0.1) is 0 Å². The maximum atomic E-state index is 9.57. The molecule has 2 nitrogen and oxygen atoms in total. The molecule has 1 aromatic carbocycles. The molecule has 1 rings (SSSR count). The summed E-state index contributed by atoms with van der Waals surface area (Å²) in [6.45, 7) is 6.15. The van der Waals surface area contributed by atoms with Crippen LogP contribution in [0.2, 0.25) is 0 Å². The Balaban J connectivity index is 3.30. The van der Waals surface area contributed by atoms with Crippen LogP contribution in [0.4, 0.5) is 0 Å². The molecule has 0 amide bonds. The highest BCUT2D eigenvalue weighted by molar-refractivity contribution is 5.35. The van der Waals surface area contributed by atoms with E-state index in [4.69, 9.17) is 5.73 Å². The van der Waals surface area contributed by atoms with Gasteiger partial charge in [-0.2, -0.15) is 5.26 Å². The minimum Gasteiger partial charge on any atom is -0.326 e. The van der Waals surface area contributed by atoms with E-state index < -0.39 is 5.41 Å². The lowest BCUT2D eigenvalue weighted by Gasteiger charge is -2.36. The molecule has 0 saturated heterocycles. The monoisotopic (exact) mass is 216 g/mol. The van der Waals surface area contributed by atoms with Gasteiger partial charge in [-0.1, -0.05) is 51.1 Å². The van der Waals surface area contributed by atoms with Crippen LogP contribution in [-0.4, -0.2) is 6.04 Å². The first-order chi connectivity index (χ1) is 7.59. The largest absolute Gasteiger partial charge is 0.326 e. The second-order valence-electron chi connectivity index (χ2n) is 4.52. The Morgan fingerprint density at radius 3 is 2.25 bits per heavy atom. The normalized spacial score (nSPS) is 16.5. The fourth-order valence-corrected chi connectivity index (χ4v) is 2.29. The van der Waals surface area contributed by atoms with Crippen LogP contribution in [0.5, 0.6) is 0 Å². The molecule has 0 spiro atoms. The highest BCUT2D eigenvalue weighted by Gasteiger charge is 2.40. The van der Waals surface area contributed by atoms with Crippen molar-refractivity contribution < 1.29 is 0 Å². The van der Waals surface area contributed by atoms with Gasteiger partial charge in [0.05, 0.1) is 11.5 Å². The molecule has 0 heterocycles. The van der Waals surface area contributed by atoms with Gasteiger partial charge in [0.25, 0.3) is 0 Å². The van der Waals surface area contributed by atoms with Crippen molar-refractivity contribution >= 4 is 0 Å². The standard InChI is InChI=1S/C14H20N2/c1-4-13(16)14(10-15,11(2)3)12-8-6-5-7-9-12/h5-9,11,13H,4,16H2,1-3H3. The third-order valence-corrected chi connectivity index (χ3v) is 3.37. The summed E-state index contributed by atoms with van der Waals surface area (Å²) in [7, 11) is 0. The van der Waals surface area contributed by atoms with E-state index in [1.165, 1.54) is 0 Å². The van der Waals surface area contributed by atoms with Crippen LogP contribution in [0.15, 0.2) is 30.3 Å². The molecule has 0 bridgehead atoms. The van der Waals surface area contributed by atoms with Crippen molar-refractivity contribution in [1.29, 1.82) is 5.26 Å². The lowest BCUT2D eigenvalue weighted by atomic mass is 9.67. The quantitative estimate of drug-likeness (QED) is 0.841. The zero-order valence-corrected chi connectivity index (χ0v) is 10.3. The molecule has 0 radical (unpaired) electrons. The highest BCUT2D eigenvalue weighted by atomic mass is 14.7. The van der Waals surface area contributed by atoms with Crippen LogP contribution >= 0.6 is 0 Å². The predicted octanol–water partition coefficient (Wildman–Crippen LogP) is 2.84. The van der Waals surface area contributed by atoms with Crippen molar-refractivity contribution in [2.75, 3.05) is 0 Å². The zero-order chi connectivity index (χ0) is 12.2. The van der Waals surface area contributed by atoms with Crippen molar-refractivity contribution in [2.45, 2.75) is 38.6 Å². The second-order valence-corrected chi connectivity index (χ2v) is 4.52. The lowest BCUT2D eigenvalue weighted by Crippen LogP contribution is -2.47. The molecule has 2 unspecified atom stereocenters. The smallest absolute Gasteiger partial charge is 0.0995 e. The molecule has 0 fully saturated rings. The lowest BCUT2D eigenvalue weighted by molar-refractivity contribution is 0.319. The van der Waals surface area contributed by atoms with E-state index in [9.17, 15) is 5.26 Å². The van der Waals surface area contributed by atoms with Crippen LogP contribution in [0, 0.1) is 17.2 Å². The summed E-state index contributed by atoms with van der Waals surface area (Å²) in [5.74, 6) is 0.204. The van der Waals surface area contributed by atoms with Gasteiger partial charge in [0, 0.05) is 6.04 Å². The van der Waals surface area contributed by atoms with Crippen molar-refractivity contribution in [1.82, 2.24) is 0 Å². The third kappa shape index (κ3) is 1.96. The third-order valence-electron chi connectivity index (χ3n) is 3.37. The Kier molecular flexibility index (Phi) is 4.09. The number of rotatable bonds is 4. The SMILES string of the molecule is CCC(N)C(C#N)(c1ccccc1)C(C)C. The highest BCUT2D eigenvalue weighted by Crippen LogP contribution is 2.35. The van der Waals surface area contributed by atoms with Crippen molar-refractivity contribution in [3.05, 3.63) is 35.9 Å². The van der Waals surface area contributed by atoms with E-state index in [0.717, 1.165) is 12.0 Å². The number of hydrogen-bond donors (Lipinski definition) is 1. The van der Waals surface area contributed by atoms with Gasteiger partial charge in [-0.3, -0.25) is 0 Å². The van der Waals surface area contributed by atoms with Crippen molar-refractivity contribution in [3.63, 3.8) is 0 Å². The van der Waals surface area contributed by atoms with E-state index >= 15 is 0 Å². The molecule has 2 N–H and O–H groups in total. The molecule has 0 aliphatic rings. The second kappa shape index (κ2) is 5.14. The summed E-state index contributed by atoms with van der Waals surface area (Å²) >= 11 is 0. The van der Waals surface area contributed by atoms with Crippen LogP contribution in [0.3, 0.4) is 0 Å². The number of nitrogens with two attached hydrogens (primary N) is 1. The zero-order valence-electron chi connectivity index (χ0n) is 10.3. The predicted molar refractivity (Wildman–Crippen MR) is 66.8 cm³/mol. The average molecular weight is 216 g/mol. The summed E-state index contributed by atoms with van der Waals surface area (Å²) in [6, 6.07) is 12.2. The first-order valence-electron chi connectivity index (χ1n) is 5.82. The summed E-state index contributed by atoms with van der Waals surface area (Å²) in [6.07, 6.45) is 0.806. The molecule has 16 heavy (non-hydrogen) atoms. The molecular weight excluding hydrogens is 196 g/mol. The molecule has 0 aromatic heterocycles. The molecule has 2 heteroatoms. The van der Waals surface area contributed by atoms with E-state index in [0.29, 0.717) is 0 Å². The summed E-state index contributed by atoms with van der Waals surface area (Å²) in [5.41, 5.74) is 6.63. The van der Waals surface area contributed by atoms with Gasteiger partial charge in [-0.25, -0.2) is 0 Å². The number of nitrogens with zero attached hydrogens (tertiary/aromatic N) is 1. The minimum absolute atomic E-state index is 0.125. The Morgan fingerprint density at radius 2 is 1.88 bits per heavy atom. The van der Waals surface area contributed by atoms with Gasteiger partial charge in [0.15, 0.2) is 0 Å². The molecule has 1 aromatic rings.